The third-order valence-corrected chi connectivity index (χ3v) is 3.74. The number of hydrogen-bond donors (Lipinski definition) is 1. The molecule has 0 bridgehead atoms. The van der Waals surface area contributed by atoms with Gasteiger partial charge >= 0.3 is 0 Å². The van der Waals surface area contributed by atoms with Crippen LogP contribution in [-0.2, 0) is 13.6 Å². The summed E-state index contributed by atoms with van der Waals surface area (Å²) < 4.78 is 1.98. The minimum Gasteiger partial charge on any atom is -0.310 e. The van der Waals surface area contributed by atoms with Crippen molar-refractivity contribution in [1.29, 1.82) is 0 Å². The second-order valence-electron chi connectivity index (χ2n) is 6.61. The average Bonchev–Trinajstić information content (AvgIpc) is 2.49. The van der Waals surface area contributed by atoms with Crippen LogP contribution in [0.3, 0.4) is 0 Å². The highest BCUT2D eigenvalue weighted by Crippen LogP contribution is 2.16. The summed E-state index contributed by atoms with van der Waals surface area (Å²) in [5.41, 5.74) is 3.79. The molecule has 0 aliphatic rings. The fourth-order valence-electron chi connectivity index (χ4n) is 2.72. The predicted octanol–water partition coefficient (Wildman–Crippen LogP) is 3.59. The lowest BCUT2D eigenvalue weighted by Crippen LogP contribution is -2.31. The van der Waals surface area contributed by atoms with E-state index in [9.17, 15) is 0 Å². The number of aryl methyl sites for hydroxylation is 2. The Balaban J connectivity index is 2.64. The van der Waals surface area contributed by atoms with Crippen molar-refractivity contribution in [3.05, 3.63) is 17.0 Å². The van der Waals surface area contributed by atoms with Gasteiger partial charge in [-0.25, -0.2) is 0 Å². The van der Waals surface area contributed by atoms with Crippen LogP contribution >= 0.6 is 0 Å². The maximum atomic E-state index is 4.49. The van der Waals surface area contributed by atoms with Gasteiger partial charge in [-0.05, 0) is 38.5 Å². The van der Waals surface area contributed by atoms with E-state index in [1.54, 1.807) is 0 Å². The van der Waals surface area contributed by atoms with Crippen LogP contribution in [-0.4, -0.2) is 15.8 Å². The number of aromatic nitrogens is 2. The Kier molecular flexibility index (Phi) is 6.05. The molecule has 0 aliphatic carbocycles. The summed E-state index contributed by atoms with van der Waals surface area (Å²) in [5.74, 6) is 1.49. The third-order valence-electron chi connectivity index (χ3n) is 3.74. The summed E-state index contributed by atoms with van der Waals surface area (Å²) >= 11 is 0. The van der Waals surface area contributed by atoms with Gasteiger partial charge in [-0.1, -0.05) is 27.7 Å². The predicted molar refractivity (Wildman–Crippen MR) is 82.2 cm³/mol. The standard InChI is InChI=1S/C16H31N3/c1-11(2)8-15(9-12(3)4)17-10-16-13(5)18-19(7)14(16)6/h11-12,15,17H,8-10H2,1-7H3. The molecule has 0 saturated carbocycles. The summed E-state index contributed by atoms with van der Waals surface area (Å²) in [6.45, 7) is 14.4. The van der Waals surface area contributed by atoms with Gasteiger partial charge in [0.25, 0.3) is 0 Å². The Labute approximate surface area is 118 Å². The second-order valence-corrected chi connectivity index (χ2v) is 6.61. The quantitative estimate of drug-likeness (QED) is 0.816. The molecule has 0 radical (unpaired) electrons. The SMILES string of the molecule is Cc1nn(C)c(C)c1CNC(CC(C)C)CC(C)C. The Morgan fingerprint density at radius 3 is 1.95 bits per heavy atom. The van der Waals surface area contributed by atoms with E-state index in [4.69, 9.17) is 0 Å². The van der Waals surface area contributed by atoms with Gasteiger partial charge in [0.15, 0.2) is 0 Å². The first-order chi connectivity index (χ1) is 8.81. The molecule has 0 aliphatic heterocycles. The number of rotatable bonds is 7. The molecule has 19 heavy (non-hydrogen) atoms. The molecular weight excluding hydrogens is 234 g/mol. The van der Waals surface area contributed by atoms with Crippen LogP contribution in [0.2, 0.25) is 0 Å². The molecule has 3 heteroatoms. The lowest BCUT2D eigenvalue weighted by atomic mass is 9.95. The van der Waals surface area contributed by atoms with Gasteiger partial charge in [0.2, 0.25) is 0 Å². The molecule has 0 spiro atoms. The van der Waals surface area contributed by atoms with E-state index in [0.29, 0.717) is 6.04 Å². The highest BCUT2D eigenvalue weighted by atomic mass is 15.3. The average molecular weight is 265 g/mol. The van der Waals surface area contributed by atoms with E-state index in [1.807, 2.05) is 11.7 Å². The zero-order valence-corrected chi connectivity index (χ0v) is 13.7. The Morgan fingerprint density at radius 2 is 1.58 bits per heavy atom. The molecule has 0 aromatic carbocycles. The van der Waals surface area contributed by atoms with E-state index in [2.05, 4.69) is 52.0 Å². The Morgan fingerprint density at radius 1 is 1.05 bits per heavy atom. The van der Waals surface area contributed by atoms with Crippen LogP contribution in [0.4, 0.5) is 0 Å². The molecule has 1 heterocycles. The maximum absolute atomic E-state index is 4.49. The van der Waals surface area contributed by atoms with Crippen molar-refractivity contribution in [2.75, 3.05) is 0 Å². The molecule has 1 aromatic heterocycles. The molecule has 0 unspecified atom stereocenters. The second kappa shape index (κ2) is 7.09. The van der Waals surface area contributed by atoms with Crippen LogP contribution in [0.25, 0.3) is 0 Å². The smallest absolute Gasteiger partial charge is 0.0641 e. The van der Waals surface area contributed by atoms with E-state index < -0.39 is 0 Å². The van der Waals surface area contributed by atoms with Gasteiger partial charge in [0.05, 0.1) is 5.69 Å². The summed E-state index contributed by atoms with van der Waals surface area (Å²) in [7, 11) is 2.02. The fourth-order valence-corrected chi connectivity index (χ4v) is 2.72. The topological polar surface area (TPSA) is 29.9 Å². The van der Waals surface area contributed by atoms with Crippen LogP contribution in [0.15, 0.2) is 0 Å². The highest BCUT2D eigenvalue weighted by molar-refractivity contribution is 5.24. The fraction of sp³-hybridized carbons (Fsp3) is 0.812. The number of nitrogens with zero attached hydrogens (tertiary/aromatic N) is 2. The molecule has 3 nitrogen and oxygen atoms in total. The number of hydrogen-bond acceptors (Lipinski definition) is 2. The number of nitrogens with one attached hydrogen (secondary N) is 1. The van der Waals surface area contributed by atoms with Gasteiger partial charge in [0, 0.05) is 30.9 Å². The first-order valence-corrected chi connectivity index (χ1v) is 7.53. The summed E-state index contributed by atoms with van der Waals surface area (Å²) in [5, 5.41) is 8.23. The first kappa shape index (κ1) is 16.2. The molecule has 1 N–H and O–H groups in total. The van der Waals surface area contributed by atoms with Crippen molar-refractivity contribution < 1.29 is 0 Å². The van der Waals surface area contributed by atoms with Crippen LogP contribution < -0.4 is 5.32 Å². The molecule has 1 rings (SSSR count). The molecule has 0 fully saturated rings. The maximum Gasteiger partial charge on any atom is 0.0641 e. The van der Waals surface area contributed by atoms with Crippen LogP contribution in [0.1, 0.15) is 57.5 Å². The minimum atomic E-state index is 0.610. The summed E-state index contributed by atoms with van der Waals surface area (Å²) in [6.07, 6.45) is 2.49. The van der Waals surface area contributed by atoms with E-state index >= 15 is 0 Å². The van der Waals surface area contributed by atoms with E-state index in [0.717, 1.165) is 24.1 Å². The van der Waals surface area contributed by atoms with Crippen molar-refractivity contribution in [3.8, 4) is 0 Å². The first-order valence-electron chi connectivity index (χ1n) is 7.53. The molecule has 0 amide bonds. The van der Waals surface area contributed by atoms with Gasteiger partial charge in [0.1, 0.15) is 0 Å². The molecular formula is C16H31N3. The Bertz CT molecular complexity index is 381. The zero-order chi connectivity index (χ0) is 14.6. The van der Waals surface area contributed by atoms with Gasteiger partial charge in [-0.2, -0.15) is 5.10 Å². The highest BCUT2D eigenvalue weighted by Gasteiger charge is 2.15. The van der Waals surface area contributed by atoms with Crippen LogP contribution in [0.5, 0.6) is 0 Å². The summed E-state index contributed by atoms with van der Waals surface area (Å²) in [4.78, 5) is 0. The van der Waals surface area contributed by atoms with Crippen molar-refractivity contribution in [1.82, 2.24) is 15.1 Å². The van der Waals surface area contributed by atoms with Gasteiger partial charge in [-0.15, -0.1) is 0 Å². The lowest BCUT2D eigenvalue weighted by Gasteiger charge is -2.22. The minimum absolute atomic E-state index is 0.610. The van der Waals surface area contributed by atoms with Crippen LogP contribution in [0, 0.1) is 25.7 Å². The van der Waals surface area contributed by atoms with E-state index in [1.165, 1.54) is 24.1 Å². The van der Waals surface area contributed by atoms with Crippen molar-refractivity contribution in [2.45, 2.75) is 67.0 Å². The van der Waals surface area contributed by atoms with Gasteiger partial charge in [-0.3, -0.25) is 4.68 Å². The third kappa shape index (κ3) is 4.98. The lowest BCUT2D eigenvalue weighted by molar-refractivity contribution is 0.358. The van der Waals surface area contributed by atoms with Crippen molar-refractivity contribution in [3.63, 3.8) is 0 Å². The van der Waals surface area contributed by atoms with Gasteiger partial charge < -0.3 is 5.32 Å². The normalized spacial score (nSPS) is 12.1. The molecule has 0 atom stereocenters. The molecule has 0 saturated heterocycles. The van der Waals surface area contributed by atoms with Crippen molar-refractivity contribution in [2.24, 2.45) is 18.9 Å². The monoisotopic (exact) mass is 265 g/mol. The largest absolute Gasteiger partial charge is 0.310 e. The van der Waals surface area contributed by atoms with Crippen molar-refractivity contribution >= 4 is 0 Å². The molecule has 1 aromatic rings. The summed E-state index contributed by atoms with van der Waals surface area (Å²) in [6, 6.07) is 0.610. The Hall–Kier alpha value is -0.830. The zero-order valence-electron chi connectivity index (χ0n) is 13.7. The molecule has 110 valence electrons. The van der Waals surface area contributed by atoms with E-state index in [-0.39, 0.29) is 0 Å².